The molecule has 0 spiro atoms. The maximum Gasteiger partial charge on any atom is 0.297 e. The molecule has 0 saturated heterocycles. The van der Waals surface area contributed by atoms with Gasteiger partial charge in [0.25, 0.3) is 10.1 Å². The van der Waals surface area contributed by atoms with Crippen LogP contribution in [0.1, 0.15) is 0 Å². The van der Waals surface area contributed by atoms with Crippen LogP contribution in [0.15, 0.2) is 67.4 Å². The van der Waals surface area contributed by atoms with E-state index in [1.165, 1.54) is 30.3 Å². The lowest BCUT2D eigenvalue weighted by Gasteiger charge is -2.12. The average Bonchev–Trinajstić information content (AvgIpc) is 2.89. The molecule has 6 N–H and O–H groups in total. The topological polar surface area (TPSA) is 254 Å². The van der Waals surface area contributed by atoms with Crippen LogP contribution in [0.3, 0.4) is 0 Å². The molecule has 0 aromatic heterocycles. The Morgan fingerprint density at radius 1 is 1.03 bits per heavy atom. The minimum absolute atomic E-state index is 0.108. The summed E-state index contributed by atoms with van der Waals surface area (Å²) in [6, 6.07) is 8.38. The van der Waals surface area contributed by atoms with E-state index in [0.29, 0.717) is 12.0 Å². The number of nitrogen functional groups attached to an aromatic ring is 1. The van der Waals surface area contributed by atoms with Gasteiger partial charge in [-0.3, -0.25) is 4.55 Å². The van der Waals surface area contributed by atoms with E-state index in [2.05, 4.69) is 29.0 Å². The number of nitrogens with two attached hydrogens (primary N) is 1. The summed E-state index contributed by atoms with van der Waals surface area (Å²) in [5, 5.41) is 41.7. The zero-order valence-electron chi connectivity index (χ0n) is 19.4. The number of azo groups is 1. The Hall–Kier alpha value is -2.76. The van der Waals surface area contributed by atoms with Crippen molar-refractivity contribution in [2.75, 3.05) is 17.2 Å². The van der Waals surface area contributed by atoms with Crippen molar-refractivity contribution < 1.29 is 61.4 Å². The van der Waals surface area contributed by atoms with Crippen LogP contribution in [-0.2, 0) is 49.8 Å². The zero-order valence-corrected chi connectivity index (χ0v) is 21.7. The van der Waals surface area contributed by atoms with E-state index in [0.717, 1.165) is 12.1 Å². The fourth-order valence-electron chi connectivity index (χ4n) is 3.07. The number of aromatic hydroxyl groups is 1. The van der Waals surface area contributed by atoms with Crippen LogP contribution in [0.25, 0.3) is 10.8 Å². The molecule has 0 fully saturated rings. The van der Waals surface area contributed by atoms with Crippen LogP contribution in [0.4, 0.5) is 17.1 Å². The lowest BCUT2D eigenvalue weighted by Crippen LogP contribution is -2.14. The molecule has 3 aromatic rings. The smallest absolute Gasteiger partial charge is 0.297 e. The van der Waals surface area contributed by atoms with Crippen molar-refractivity contribution in [2.45, 2.75) is 14.7 Å². The van der Waals surface area contributed by atoms with Crippen LogP contribution < -0.4 is 5.73 Å². The molecule has 0 bridgehead atoms. The predicted octanol–water partition coefficient (Wildman–Crippen LogP) is 3.08. The highest BCUT2D eigenvalue weighted by Crippen LogP contribution is 2.46. The van der Waals surface area contributed by atoms with E-state index in [1.54, 1.807) is 0 Å². The Labute approximate surface area is 222 Å². The van der Waals surface area contributed by atoms with Gasteiger partial charge in [-0.25, -0.2) is 23.1 Å². The summed E-state index contributed by atoms with van der Waals surface area (Å²) in [6.07, 6.45) is 0. The number of fused-ring (bicyclic) bond motifs is 1. The Kier molecular flexibility index (Phi) is 9.22. The Bertz CT molecular complexity index is 1620. The van der Waals surface area contributed by atoms with E-state index in [9.17, 15) is 30.7 Å². The molecule has 3 aromatic carbocycles. The van der Waals surface area contributed by atoms with Gasteiger partial charge in [0, 0.05) is 10.8 Å². The summed E-state index contributed by atoms with van der Waals surface area (Å²) in [6.45, 7) is 0. The van der Waals surface area contributed by atoms with Gasteiger partial charge in [-0.1, -0.05) is 10.1 Å². The van der Waals surface area contributed by atoms with Crippen molar-refractivity contribution in [3.63, 3.8) is 0 Å². The third-order valence-electron chi connectivity index (χ3n) is 4.68. The largest absolute Gasteiger partial charge is 0.505 e. The Morgan fingerprint density at radius 3 is 2.34 bits per heavy atom. The SMILES string of the molecule is [2H]Nc1ccc2c(O)c(N=Nc3ccc(S(=O)(=O)CCS(=O)OOO)cc3)c(SOOO)cc2c1S(=O)(=O)O. The number of phenols is 1. The molecule has 16 nitrogen and oxygen atoms in total. The summed E-state index contributed by atoms with van der Waals surface area (Å²) in [7, 11) is -8.79. The number of rotatable bonds is 13. The highest BCUT2D eigenvalue weighted by atomic mass is 32.2. The van der Waals surface area contributed by atoms with Crippen molar-refractivity contribution in [3.8, 4) is 5.75 Å². The molecule has 0 heterocycles. The maximum atomic E-state index is 12.4. The van der Waals surface area contributed by atoms with Gasteiger partial charge >= 0.3 is 0 Å². The first-order valence-electron chi connectivity index (χ1n) is 10.2. The van der Waals surface area contributed by atoms with Crippen LogP contribution in [0.5, 0.6) is 5.75 Å². The molecular formula is C18H17N3O13S4. The van der Waals surface area contributed by atoms with E-state index < -0.39 is 53.2 Å². The average molecular weight is 613 g/mol. The highest BCUT2D eigenvalue weighted by Gasteiger charge is 2.23. The normalized spacial score (nSPS) is 13.6. The van der Waals surface area contributed by atoms with Crippen molar-refractivity contribution in [1.82, 2.24) is 0 Å². The molecule has 206 valence electrons. The Balaban J connectivity index is 2.00. The third kappa shape index (κ3) is 7.00. The van der Waals surface area contributed by atoms with Crippen molar-refractivity contribution >= 4 is 70.9 Å². The number of hydrogen-bond donors (Lipinski definition) is 5. The molecular weight excluding hydrogens is 594 g/mol. The number of nitrogens with zero attached hydrogens (tertiary/aromatic N) is 2. The molecule has 1 unspecified atom stereocenters. The second kappa shape index (κ2) is 12.4. The van der Waals surface area contributed by atoms with Crippen LogP contribution >= 0.6 is 12.0 Å². The number of phenolic OH excluding ortho intramolecular Hbond substituents is 1. The molecule has 1 atom stereocenters. The monoisotopic (exact) mass is 612 g/mol. The minimum Gasteiger partial charge on any atom is -0.505 e. The summed E-state index contributed by atoms with van der Waals surface area (Å²) >= 11 is -1.91. The molecule has 20 heteroatoms. The van der Waals surface area contributed by atoms with E-state index in [-0.39, 0.29) is 37.6 Å². The first-order chi connectivity index (χ1) is 18.4. The second-order valence-corrected chi connectivity index (χ2v) is 12.3. The van der Waals surface area contributed by atoms with Gasteiger partial charge in [0.15, 0.2) is 28.1 Å². The molecule has 0 aliphatic heterocycles. The summed E-state index contributed by atoms with van der Waals surface area (Å²) in [5.74, 6) is -1.70. The van der Waals surface area contributed by atoms with E-state index in [1.807, 2.05) is 5.73 Å². The van der Waals surface area contributed by atoms with Gasteiger partial charge in [0.05, 0.1) is 44.7 Å². The van der Waals surface area contributed by atoms with E-state index in [4.69, 9.17) is 11.9 Å². The van der Waals surface area contributed by atoms with E-state index >= 15 is 0 Å². The number of hydrogen-bond acceptors (Lipinski definition) is 16. The van der Waals surface area contributed by atoms with Gasteiger partial charge < -0.3 is 10.8 Å². The molecule has 0 aliphatic rings. The van der Waals surface area contributed by atoms with Crippen LogP contribution in [0, 0.1) is 0 Å². The van der Waals surface area contributed by atoms with Crippen LogP contribution in [0.2, 0.25) is 1.41 Å². The van der Waals surface area contributed by atoms with Gasteiger partial charge in [-0.2, -0.15) is 13.5 Å². The molecule has 0 aliphatic carbocycles. The summed E-state index contributed by atoms with van der Waals surface area (Å²) in [4.78, 5) is -1.03. The maximum absolute atomic E-state index is 12.4. The third-order valence-corrected chi connectivity index (χ3v) is 9.00. The second-order valence-electron chi connectivity index (χ2n) is 6.97. The summed E-state index contributed by atoms with van der Waals surface area (Å²) < 4.78 is 85.3. The first-order valence-corrected chi connectivity index (χ1v) is 14.7. The van der Waals surface area contributed by atoms with Crippen molar-refractivity contribution in [2.24, 2.45) is 10.2 Å². The fourth-order valence-corrected chi connectivity index (χ4v) is 6.70. The molecule has 38 heavy (non-hydrogen) atoms. The fraction of sp³-hybridized carbons (Fsp3) is 0.111. The summed E-state index contributed by atoms with van der Waals surface area (Å²) in [5.41, 5.74) is 1.39. The standard InChI is InChI=1S/C18H17N3O13S4/c19-14-6-5-12-13(18(14)38(28,29)30)9-15(35-33-31-23)16(17(12)22)21-20-10-1-3-11(4-2-10)37(26,27)8-7-36(25)34-32-24/h1-6,9,22-24H,7-8,19H2,(H,28,29,30)/i/hD. The molecule has 0 radical (unpaired) electrons. The zero-order chi connectivity index (χ0) is 28.8. The van der Waals surface area contributed by atoms with Crippen molar-refractivity contribution in [3.05, 3.63) is 42.5 Å². The lowest BCUT2D eigenvalue weighted by atomic mass is 10.1. The quantitative estimate of drug-likeness (QED) is 0.0464. The lowest BCUT2D eigenvalue weighted by molar-refractivity contribution is -0.434. The molecule has 0 saturated carbocycles. The number of anilines is 1. The van der Waals surface area contributed by atoms with Gasteiger partial charge in [0.2, 0.25) is 0 Å². The van der Waals surface area contributed by atoms with Gasteiger partial charge in [-0.15, -0.1) is 13.8 Å². The molecule has 3 rings (SSSR count). The number of sulfone groups is 1. The van der Waals surface area contributed by atoms with Gasteiger partial charge in [0.1, 0.15) is 10.6 Å². The molecule has 0 amide bonds. The first kappa shape index (κ1) is 28.3. The van der Waals surface area contributed by atoms with Gasteiger partial charge in [-0.05, 0) is 42.5 Å². The Morgan fingerprint density at radius 2 is 1.74 bits per heavy atom. The number of benzene rings is 3. The van der Waals surface area contributed by atoms with Crippen molar-refractivity contribution in [1.29, 1.82) is 0 Å². The predicted molar refractivity (Wildman–Crippen MR) is 131 cm³/mol. The van der Waals surface area contributed by atoms with Crippen LogP contribution in [-0.4, -0.2) is 52.7 Å². The minimum atomic E-state index is -4.89. The highest BCUT2D eigenvalue weighted by molar-refractivity contribution is 7.94.